The topological polar surface area (TPSA) is 88.0 Å². The van der Waals surface area contributed by atoms with Gasteiger partial charge in [-0.25, -0.2) is 26.5 Å². The third-order valence-electron chi connectivity index (χ3n) is 4.21. The van der Waals surface area contributed by atoms with E-state index in [0.717, 1.165) is 37.6 Å². The van der Waals surface area contributed by atoms with Crippen LogP contribution in [-0.2, 0) is 12.2 Å². The molecule has 0 aliphatic carbocycles. The van der Waals surface area contributed by atoms with E-state index >= 15 is 0 Å². The number of benzene rings is 2. The van der Waals surface area contributed by atoms with Gasteiger partial charge >= 0.3 is 6.03 Å². The van der Waals surface area contributed by atoms with Crippen molar-refractivity contribution < 1.29 is 4.79 Å². The Bertz CT molecular complexity index is 854. The van der Waals surface area contributed by atoms with Gasteiger partial charge in [-0.15, -0.1) is 11.8 Å². The SMILES string of the molecule is CCc1cccc(N=C(SC)SCc2c(C)cccc2N(N)C(=O)N(C)N)c1. The van der Waals surface area contributed by atoms with Crippen LogP contribution in [0, 0.1) is 6.92 Å². The van der Waals surface area contributed by atoms with E-state index in [9.17, 15) is 4.79 Å². The molecule has 0 atom stereocenters. The number of urea groups is 1. The molecule has 2 rings (SSSR count). The van der Waals surface area contributed by atoms with Gasteiger partial charge in [0.2, 0.25) is 0 Å². The van der Waals surface area contributed by atoms with Gasteiger partial charge in [0.15, 0.2) is 0 Å². The van der Waals surface area contributed by atoms with Gasteiger partial charge in [-0.1, -0.05) is 43.0 Å². The predicted octanol–water partition coefficient (Wildman–Crippen LogP) is 4.45. The monoisotopic (exact) mass is 417 g/mol. The lowest BCUT2D eigenvalue weighted by Crippen LogP contribution is -2.49. The van der Waals surface area contributed by atoms with Crippen LogP contribution in [0.3, 0.4) is 0 Å². The molecule has 2 amide bonds. The zero-order valence-corrected chi connectivity index (χ0v) is 18.3. The molecule has 0 bridgehead atoms. The summed E-state index contributed by atoms with van der Waals surface area (Å²) >= 11 is 3.23. The molecule has 0 aliphatic rings. The number of anilines is 1. The van der Waals surface area contributed by atoms with Crippen molar-refractivity contribution in [3.05, 3.63) is 59.2 Å². The van der Waals surface area contributed by atoms with Crippen LogP contribution < -0.4 is 16.7 Å². The lowest BCUT2D eigenvalue weighted by atomic mass is 10.1. The molecule has 0 aromatic heterocycles. The van der Waals surface area contributed by atoms with Gasteiger partial charge in [0, 0.05) is 12.8 Å². The second-order valence-electron chi connectivity index (χ2n) is 6.23. The normalized spacial score (nSPS) is 11.4. The molecular weight excluding hydrogens is 390 g/mol. The molecular formula is C20H27N5OS2. The minimum Gasteiger partial charge on any atom is -0.264 e. The Morgan fingerprint density at radius 3 is 2.54 bits per heavy atom. The number of aryl methyl sites for hydroxylation is 2. The summed E-state index contributed by atoms with van der Waals surface area (Å²) in [5.74, 6) is 12.2. The first-order valence-electron chi connectivity index (χ1n) is 8.87. The van der Waals surface area contributed by atoms with Gasteiger partial charge in [-0.3, -0.25) is 5.01 Å². The second-order valence-corrected chi connectivity index (χ2v) is 8.25. The molecule has 0 unspecified atom stereocenters. The minimum absolute atomic E-state index is 0.480. The Morgan fingerprint density at radius 1 is 1.18 bits per heavy atom. The fourth-order valence-corrected chi connectivity index (χ4v) is 4.25. The molecule has 0 radical (unpaired) electrons. The van der Waals surface area contributed by atoms with Crippen LogP contribution in [0.2, 0.25) is 0 Å². The molecule has 0 saturated carbocycles. The Hall–Kier alpha value is -2.00. The van der Waals surface area contributed by atoms with Gasteiger partial charge in [-0.2, -0.15) is 0 Å². The van der Waals surface area contributed by atoms with Crippen LogP contribution in [0.15, 0.2) is 47.5 Å². The number of amides is 2. The number of aliphatic imine (C=N–C) groups is 1. The highest BCUT2D eigenvalue weighted by atomic mass is 32.2. The van der Waals surface area contributed by atoms with E-state index in [1.807, 2.05) is 43.5 Å². The highest BCUT2D eigenvalue weighted by molar-refractivity contribution is 8.38. The summed E-state index contributed by atoms with van der Waals surface area (Å²) in [7, 11) is 1.47. The number of hydrogen-bond acceptors (Lipinski definition) is 6. The smallest absolute Gasteiger partial charge is 0.264 e. The van der Waals surface area contributed by atoms with E-state index in [1.54, 1.807) is 23.5 Å². The van der Waals surface area contributed by atoms with Crippen molar-refractivity contribution in [2.24, 2.45) is 16.7 Å². The summed E-state index contributed by atoms with van der Waals surface area (Å²) in [5, 5.41) is 2.05. The van der Waals surface area contributed by atoms with Crippen molar-refractivity contribution in [2.75, 3.05) is 18.3 Å². The average molecular weight is 418 g/mol. The highest BCUT2D eigenvalue weighted by Gasteiger charge is 2.19. The largest absolute Gasteiger partial charge is 0.352 e. The summed E-state index contributed by atoms with van der Waals surface area (Å²) in [6.45, 7) is 4.13. The fourth-order valence-electron chi connectivity index (χ4n) is 2.60. The van der Waals surface area contributed by atoms with Crippen molar-refractivity contribution >= 4 is 45.3 Å². The Kier molecular flexibility index (Phi) is 8.37. The summed E-state index contributed by atoms with van der Waals surface area (Å²) in [5.41, 5.74) is 4.89. The first-order valence-corrected chi connectivity index (χ1v) is 11.1. The van der Waals surface area contributed by atoms with E-state index in [1.165, 1.54) is 12.6 Å². The van der Waals surface area contributed by atoms with Gasteiger partial charge in [-0.05, 0) is 54.5 Å². The van der Waals surface area contributed by atoms with Gasteiger partial charge in [0.1, 0.15) is 4.38 Å². The van der Waals surface area contributed by atoms with Crippen molar-refractivity contribution in [2.45, 2.75) is 26.0 Å². The highest BCUT2D eigenvalue weighted by Crippen LogP contribution is 2.30. The molecule has 8 heteroatoms. The van der Waals surface area contributed by atoms with Crippen LogP contribution in [0.1, 0.15) is 23.6 Å². The van der Waals surface area contributed by atoms with Crippen molar-refractivity contribution in [1.82, 2.24) is 5.01 Å². The predicted molar refractivity (Wildman–Crippen MR) is 123 cm³/mol. The van der Waals surface area contributed by atoms with Gasteiger partial charge in [0.25, 0.3) is 0 Å². The van der Waals surface area contributed by atoms with Crippen LogP contribution in [0.5, 0.6) is 0 Å². The number of thioether (sulfide) groups is 2. The Morgan fingerprint density at radius 2 is 1.89 bits per heavy atom. The maximum absolute atomic E-state index is 12.2. The lowest BCUT2D eigenvalue weighted by molar-refractivity contribution is 0.216. The molecule has 2 aromatic carbocycles. The summed E-state index contributed by atoms with van der Waals surface area (Å²) in [6.07, 6.45) is 2.99. The maximum Gasteiger partial charge on any atom is 0.352 e. The number of carbonyl (C=O) groups excluding carboxylic acids is 1. The van der Waals surface area contributed by atoms with Crippen molar-refractivity contribution in [3.63, 3.8) is 0 Å². The van der Waals surface area contributed by atoms with E-state index in [-0.39, 0.29) is 0 Å². The third-order valence-corrected chi connectivity index (χ3v) is 6.27. The Labute approximate surface area is 175 Å². The van der Waals surface area contributed by atoms with Gasteiger partial charge in [0.05, 0.1) is 11.4 Å². The molecule has 4 N–H and O–H groups in total. The second kappa shape index (κ2) is 10.5. The summed E-state index contributed by atoms with van der Waals surface area (Å²) < 4.78 is 0.952. The van der Waals surface area contributed by atoms with Crippen LogP contribution in [0.4, 0.5) is 16.2 Å². The average Bonchev–Trinajstić information content (AvgIpc) is 2.70. The van der Waals surface area contributed by atoms with Crippen LogP contribution in [-0.4, -0.2) is 28.7 Å². The van der Waals surface area contributed by atoms with E-state index in [2.05, 4.69) is 19.1 Å². The lowest BCUT2D eigenvalue weighted by Gasteiger charge is -2.24. The molecule has 0 aliphatic heterocycles. The zero-order valence-electron chi connectivity index (χ0n) is 16.7. The summed E-state index contributed by atoms with van der Waals surface area (Å²) in [6, 6.07) is 13.5. The molecule has 0 heterocycles. The fraction of sp³-hybridized carbons (Fsp3) is 0.300. The Balaban J connectivity index is 2.24. The van der Waals surface area contributed by atoms with Crippen LogP contribution in [0.25, 0.3) is 0 Å². The molecule has 150 valence electrons. The quantitative estimate of drug-likeness (QED) is 0.247. The number of hydrazine groups is 2. The summed E-state index contributed by atoms with van der Waals surface area (Å²) in [4.78, 5) is 16.9. The minimum atomic E-state index is -0.480. The van der Waals surface area contributed by atoms with Crippen molar-refractivity contribution in [1.29, 1.82) is 0 Å². The van der Waals surface area contributed by atoms with E-state index < -0.39 is 6.03 Å². The van der Waals surface area contributed by atoms with E-state index in [4.69, 9.17) is 16.7 Å². The number of nitrogens with zero attached hydrogens (tertiary/aromatic N) is 3. The van der Waals surface area contributed by atoms with Crippen molar-refractivity contribution in [3.8, 4) is 0 Å². The molecule has 2 aromatic rings. The first-order chi connectivity index (χ1) is 13.4. The zero-order chi connectivity index (χ0) is 20.7. The number of carbonyl (C=O) groups is 1. The van der Waals surface area contributed by atoms with Gasteiger partial charge < -0.3 is 0 Å². The number of hydrogen-bond donors (Lipinski definition) is 2. The third kappa shape index (κ3) is 5.75. The van der Waals surface area contributed by atoms with Crippen LogP contribution >= 0.6 is 23.5 Å². The number of nitrogens with two attached hydrogens (primary N) is 2. The molecule has 6 nitrogen and oxygen atoms in total. The standard InChI is InChI=1S/C20H27N5OS2/c1-5-15-9-7-10-16(12-15)23-19(27-4)28-13-17-14(2)8-6-11-18(17)25(22)20(26)24(3)21/h6-12H,5,13,21-22H2,1-4H3. The molecule has 28 heavy (non-hydrogen) atoms. The van der Waals surface area contributed by atoms with E-state index in [0.29, 0.717) is 11.4 Å². The maximum atomic E-state index is 12.2. The molecule has 0 saturated heterocycles. The first kappa shape index (κ1) is 22.3. The number of rotatable bonds is 5. The molecule has 0 spiro atoms. The molecule has 0 fully saturated rings.